The third-order valence-corrected chi connectivity index (χ3v) is 24.0. The lowest BCUT2D eigenvalue weighted by atomic mass is 10.1. The van der Waals surface area contributed by atoms with E-state index < -0.39 is 41.2 Å². The average molecular weight is 1420 g/mol. The molecule has 3 N–H and O–H groups in total. The Bertz CT molecular complexity index is 5490. The Morgan fingerprint density at radius 1 is 0.566 bits per heavy atom. The first-order valence-corrected chi connectivity index (χ1v) is 37.1. The zero-order chi connectivity index (χ0) is 68.6. The van der Waals surface area contributed by atoms with Gasteiger partial charge < -0.3 is 39.3 Å². The number of furan rings is 2. The number of ether oxygens (including phenoxy) is 1. The van der Waals surface area contributed by atoms with Crippen LogP contribution < -0.4 is 30.5 Å². The van der Waals surface area contributed by atoms with E-state index in [4.69, 9.17) is 13.6 Å². The molecule has 3 aliphatic heterocycles. The van der Waals surface area contributed by atoms with Crippen molar-refractivity contribution in [3.05, 3.63) is 252 Å². The predicted octanol–water partition coefficient (Wildman–Crippen LogP) is 13.2. The molecule has 1 fully saturated rings. The van der Waals surface area contributed by atoms with E-state index in [1.165, 1.54) is 60.9 Å². The van der Waals surface area contributed by atoms with Gasteiger partial charge in [-0.15, -0.1) is 11.8 Å². The van der Waals surface area contributed by atoms with Crippen LogP contribution in [0.4, 0.5) is 21.6 Å². The molecule has 0 atom stereocenters. The van der Waals surface area contributed by atoms with Gasteiger partial charge in [-0.25, -0.2) is 39.6 Å². The molecule has 15 rings (SSSR count). The summed E-state index contributed by atoms with van der Waals surface area (Å²) in [7, 11) is -11.6. The maximum absolute atomic E-state index is 13.7. The fourth-order valence-corrected chi connectivity index (χ4v) is 17.3. The van der Waals surface area contributed by atoms with Gasteiger partial charge in [0.2, 0.25) is 29.5 Å². The van der Waals surface area contributed by atoms with E-state index in [0.717, 1.165) is 80.6 Å². The molecule has 0 spiro atoms. The molecule has 99 heavy (non-hydrogen) atoms. The van der Waals surface area contributed by atoms with Gasteiger partial charge in [0.05, 0.1) is 64.7 Å². The summed E-state index contributed by atoms with van der Waals surface area (Å²) in [6, 6.07) is 47.5. The Kier molecular flexibility index (Phi) is 18.1. The van der Waals surface area contributed by atoms with Gasteiger partial charge in [0, 0.05) is 72.5 Å². The Morgan fingerprint density at radius 2 is 1.19 bits per heavy atom. The van der Waals surface area contributed by atoms with Crippen molar-refractivity contribution in [2.75, 3.05) is 28.8 Å². The van der Waals surface area contributed by atoms with E-state index in [1.54, 1.807) is 128 Å². The number of hydrogen-bond acceptors (Lipinski definition) is 20. The van der Waals surface area contributed by atoms with E-state index in [2.05, 4.69) is 40.8 Å². The molecule has 498 valence electrons. The number of nitrogens with one attached hydrogen (secondary N) is 3. The third-order valence-electron chi connectivity index (χ3n) is 16.6. The summed E-state index contributed by atoms with van der Waals surface area (Å²) in [5, 5.41) is 9.72. The molecule has 0 bridgehead atoms. The molecule has 6 aromatic heterocycles. The third kappa shape index (κ3) is 13.6. The fourth-order valence-electron chi connectivity index (χ4n) is 11.3. The normalized spacial score (nSPS) is 13.4. The van der Waals surface area contributed by atoms with Crippen LogP contribution in [0.5, 0.6) is 11.5 Å². The molecule has 0 aliphatic carbocycles. The van der Waals surface area contributed by atoms with Crippen LogP contribution in [0.25, 0.3) is 21.9 Å². The number of para-hydroxylation sites is 2. The zero-order valence-electron chi connectivity index (χ0n) is 52.3. The van der Waals surface area contributed by atoms with Crippen LogP contribution in [-0.2, 0) is 49.1 Å². The van der Waals surface area contributed by atoms with Crippen molar-refractivity contribution in [3.8, 4) is 11.5 Å². The van der Waals surface area contributed by atoms with Crippen molar-refractivity contribution < 1.29 is 57.6 Å². The van der Waals surface area contributed by atoms with Crippen LogP contribution in [-0.4, -0.2) is 81.9 Å². The summed E-state index contributed by atoms with van der Waals surface area (Å²) in [6.45, 7) is 3.64. The van der Waals surface area contributed by atoms with Gasteiger partial charge in [-0.1, -0.05) is 66.4 Å². The Labute approximate surface area is 575 Å². The van der Waals surface area contributed by atoms with Gasteiger partial charge >= 0.3 is 0 Å². The van der Waals surface area contributed by atoms with Crippen molar-refractivity contribution in [1.82, 2.24) is 35.9 Å². The van der Waals surface area contributed by atoms with Gasteiger partial charge in [0.1, 0.15) is 16.5 Å². The molecule has 0 saturated carbocycles. The second-order valence-electron chi connectivity index (χ2n) is 23.1. The number of thioether (sulfide) groups is 1. The number of halogens is 1. The topological polar surface area (TPSA) is 283 Å². The van der Waals surface area contributed by atoms with E-state index in [-0.39, 0.29) is 78.2 Å². The highest BCUT2D eigenvalue weighted by atomic mass is 32.2. The number of anilines is 3. The number of amides is 3. The van der Waals surface area contributed by atoms with Crippen LogP contribution >= 0.6 is 23.5 Å². The molecule has 21 nitrogen and oxygen atoms in total. The lowest BCUT2D eigenvalue weighted by Crippen LogP contribution is -2.23. The number of sulfone groups is 3. The first-order chi connectivity index (χ1) is 47.8. The molecule has 12 aromatic rings. The van der Waals surface area contributed by atoms with Gasteiger partial charge in [-0.3, -0.25) is 24.4 Å². The minimum Gasteiger partial charge on any atom is -0.454 e. The van der Waals surface area contributed by atoms with Crippen LogP contribution in [0.1, 0.15) is 66.7 Å². The predicted molar refractivity (Wildman–Crippen MR) is 368 cm³/mol. The van der Waals surface area contributed by atoms with Crippen molar-refractivity contribution in [2.24, 2.45) is 0 Å². The molecular formula is C72H56FN9O12S5. The summed E-state index contributed by atoms with van der Waals surface area (Å²) < 4.78 is 111. The summed E-state index contributed by atoms with van der Waals surface area (Å²) in [4.78, 5) is 62.8. The largest absolute Gasteiger partial charge is 0.454 e. The minimum absolute atomic E-state index is 0.0156. The maximum Gasteiger partial charge on any atom is 0.287 e. The van der Waals surface area contributed by atoms with E-state index in [1.807, 2.05) is 41.3 Å². The van der Waals surface area contributed by atoms with Gasteiger partial charge in [-0.2, -0.15) is 0 Å². The summed E-state index contributed by atoms with van der Waals surface area (Å²) >= 11 is 3.00. The van der Waals surface area contributed by atoms with Crippen molar-refractivity contribution in [1.29, 1.82) is 0 Å². The van der Waals surface area contributed by atoms with E-state index >= 15 is 0 Å². The highest BCUT2D eigenvalue weighted by Crippen LogP contribution is 2.50. The van der Waals surface area contributed by atoms with Crippen molar-refractivity contribution in [3.63, 3.8) is 0 Å². The number of pyridine rings is 4. The van der Waals surface area contributed by atoms with Crippen molar-refractivity contribution in [2.45, 2.75) is 83.6 Å². The fraction of sp³-hybridized carbons (Fsp3) is 0.125. The SMILES string of the molecule is Cc1nc(S(=O)(=O)c2ccc(CNC(=O)c3cc4ccnc(N5CSc6cc(C(=O)NCc7ccc(S(=O)(=O)c8cncc(N9CCCC9)c8)cc7)ccc65)c4o3)cc2)ccc1F.O=C(NCc1ccc(S(=O)(=O)c2cccc3c2Oc2ccccc2S3)cc1)c1cc2ccncc2o1. The van der Waals surface area contributed by atoms with Crippen LogP contribution in [0.2, 0.25) is 0 Å². The summed E-state index contributed by atoms with van der Waals surface area (Å²) in [6.07, 6.45) is 10.0. The number of benzene rings is 6. The summed E-state index contributed by atoms with van der Waals surface area (Å²) in [5.74, 6) is 0.445. The number of carbonyl (C=O) groups excluding carboxylic acids is 3. The number of carbonyl (C=O) groups is 3. The maximum atomic E-state index is 13.7. The van der Waals surface area contributed by atoms with Crippen LogP contribution in [0.3, 0.4) is 0 Å². The lowest BCUT2D eigenvalue weighted by Gasteiger charge is -2.21. The molecule has 0 radical (unpaired) electrons. The molecule has 1 saturated heterocycles. The van der Waals surface area contributed by atoms with Gasteiger partial charge in [-0.05, 0) is 158 Å². The molecule has 27 heteroatoms. The standard InChI is InChI=1S/C45H38FN7O7S3.C27H18N2O5S2/c1-28-37(46)13-15-41(51-28)63(58,59)35-11-6-30(7-12-35)24-50-45(55)39-20-31-16-17-48-43(42(31)60-39)53-27-61-40-21-32(8-14-38(40)53)44(54)49-23-29-4-9-34(10-5-29)62(56,57)36-22-33(25-47-26-36)52-18-2-3-19-52;30-27(21-14-18-12-13-28-16-22(18)33-21)29-15-17-8-10-19(11-9-17)36(31,32)25-7-3-6-24-26(25)34-20-4-1-2-5-23(20)35-24/h4-17,20-22,25-26H,2-3,18-19,23-24,27H2,1H3,(H,49,54)(H,50,55);1-14,16H,15H2,(H,29,30). The zero-order valence-corrected chi connectivity index (χ0v) is 56.4. The first kappa shape index (κ1) is 65.6. The van der Waals surface area contributed by atoms with Gasteiger partial charge in [0.15, 0.2) is 39.3 Å². The highest BCUT2D eigenvalue weighted by molar-refractivity contribution is 8.00. The van der Waals surface area contributed by atoms with E-state index in [9.17, 15) is 44.0 Å². The Balaban J connectivity index is 0.000000196. The molecule has 9 heterocycles. The minimum atomic E-state index is -3.97. The average Bonchev–Trinajstić information content (AvgIpc) is 1.37. The molecule has 3 amide bonds. The van der Waals surface area contributed by atoms with Crippen LogP contribution in [0.15, 0.2) is 260 Å². The number of fused-ring (bicyclic) bond motifs is 5. The second kappa shape index (κ2) is 27.3. The molecule has 0 unspecified atom stereocenters. The number of nitrogens with zero attached hydrogens (tertiary/aromatic N) is 6. The number of hydrogen-bond donors (Lipinski definition) is 3. The second-order valence-corrected chi connectivity index (χ2v) is 30.9. The molecule has 6 aromatic carbocycles. The monoisotopic (exact) mass is 1420 g/mol. The van der Waals surface area contributed by atoms with Crippen LogP contribution in [0, 0.1) is 12.7 Å². The van der Waals surface area contributed by atoms with Crippen molar-refractivity contribution >= 4 is 110 Å². The summed E-state index contributed by atoms with van der Waals surface area (Å²) in [5.41, 5.74) is 5.10. The lowest BCUT2D eigenvalue weighted by molar-refractivity contribution is 0.0918. The number of aryl methyl sites for hydroxylation is 1. The highest BCUT2D eigenvalue weighted by Gasteiger charge is 2.31. The number of aromatic nitrogens is 4. The Hall–Kier alpha value is -10.7. The molecular weight excluding hydrogens is 1360 g/mol. The van der Waals surface area contributed by atoms with E-state index in [0.29, 0.717) is 50.9 Å². The molecule has 3 aliphatic rings. The quantitative estimate of drug-likeness (QED) is 0.0763. The Morgan fingerprint density at radius 3 is 1.88 bits per heavy atom. The first-order valence-electron chi connectivity index (χ1n) is 30.9. The smallest absolute Gasteiger partial charge is 0.287 e. The number of rotatable bonds is 17. The van der Waals surface area contributed by atoms with Gasteiger partial charge in [0.25, 0.3) is 17.7 Å².